The number of nitrogens with zero attached hydrogens (tertiary/aromatic N) is 1. The van der Waals surface area contributed by atoms with Crippen molar-refractivity contribution in [1.29, 1.82) is 0 Å². The molecule has 2 aromatic rings. The van der Waals surface area contributed by atoms with Gasteiger partial charge >= 0.3 is 0 Å². The molecule has 4 nitrogen and oxygen atoms in total. The number of aromatic nitrogens is 2. The molecule has 0 aliphatic rings. The number of H-pyrrole nitrogens is 1. The Hall–Kier alpha value is -1.17. The van der Waals surface area contributed by atoms with E-state index < -0.39 is 0 Å². The average molecular weight is 302 g/mol. The molecule has 18 heavy (non-hydrogen) atoms. The van der Waals surface area contributed by atoms with Crippen LogP contribution in [0.1, 0.15) is 5.69 Å². The third-order valence-electron chi connectivity index (χ3n) is 2.11. The molecule has 0 radical (unpaired) electrons. The van der Waals surface area contributed by atoms with E-state index in [-0.39, 0.29) is 5.56 Å². The molecule has 0 aliphatic heterocycles. The number of nitrogens with one attached hydrogen (secondary N) is 1. The Morgan fingerprint density at radius 1 is 1.28 bits per heavy atom. The second-order valence-electron chi connectivity index (χ2n) is 3.60. The van der Waals surface area contributed by atoms with Crippen molar-refractivity contribution in [2.24, 2.45) is 0 Å². The van der Waals surface area contributed by atoms with E-state index in [4.69, 9.17) is 28.9 Å². The summed E-state index contributed by atoms with van der Waals surface area (Å²) in [4.78, 5) is 18.8. The van der Waals surface area contributed by atoms with Gasteiger partial charge in [0, 0.05) is 22.3 Å². The van der Waals surface area contributed by atoms with Gasteiger partial charge in [-0.05, 0) is 30.8 Å². The van der Waals surface area contributed by atoms with Gasteiger partial charge in [-0.25, -0.2) is 4.98 Å². The molecule has 1 aromatic carbocycles. The zero-order valence-electron chi connectivity index (χ0n) is 9.33. The molecule has 0 atom stereocenters. The number of benzene rings is 1. The Balaban J connectivity index is 2.39. The molecule has 0 aliphatic carbocycles. The summed E-state index contributed by atoms with van der Waals surface area (Å²) in [6.45, 7) is 1.75. The van der Waals surface area contributed by atoms with Crippen molar-refractivity contribution in [3.63, 3.8) is 0 Å². The SMILES string of the molecule is Cc1cc(=O)[nH]c(Sc2cc(Cl)c(Cl)cc2N)n1. The van der Waals surface area contributed by atoms with Gasteiger partial charge in [0.05, 0.1) is 10.0 Å². The molecule has 0 bridgehead atoms. The van der Waals surface area contributed by atoms with Gasteiger partial charge in [0.1, 0.15) is 0 Å². The minimum atomic E-state index is -0.205. The van der Waals surface area contributed by atoms with E-state index in [1.807, 2.05) is 0 Å². The highest BCUT2D eigenvalue weighted by Crippen LogP contribution is 2.35. The summed E-state index contributed by atoms with van der Waals surface area (Å²) in [5.41, 5.74) is 6.75. The Morgan fingerprint density at radius 3 is 2.61 bits per heavy atom. The molecule has 7 heteroatoms. The van der Waals surface area contributed by atoms with E-state index in [9.17, 15) is 4.79 Å². The third-order valence-corrected chi connectivity index (χ3v) is 3.79. The van der Waals surface area contributed by atoms with E-state index in [2.05, 4.69) is 9.97 Å². The fourth-order valence-electron chi connectivity index (χ4n) is 1.34. The summed E-state index contributed by atoms with van der Waals surface area (Å²) >= 11 is 13.0. The van der Waals surface area contributed by atoms with Crippen molar-refractivity contribution < 1.29 is 0 Å². The van der Waals surface area contributed by atoms with Crippen molar-refractivity contribution in [2.75, 3.05) is 5.73 Å². The van der Waals surface area contributed by atoms with Crippen molar-refractivity contribution in [3.8, 4) is 0 Å². The summed E-state index contributed by atoms with van der Waals surface area (Å²) in [7, 11) is 0. The first kappa shape index (κ1) is 13.3. The maximum atomic E-state index is 11.3. The fourth-order valence-corrected chi connectivity index (χ4v) is 2.64. The molecule has 2 rings (SSSR count). The lowest BCUT2D eigenvalue weighted by molar-refractivity contribution is 0.905. The summed E-state index contributed by atoms with van der Waals surface area (Å²) in [6, 6.07) is 4.63. The second kappa shape index (κ2) is 5.22. The van der Waals surface area contributed by atoms with Gasteiger partial charge in [-0.2, -0.15) is 0 Å². The molecule has 94 valence electrons. The predicted octanol–water partition coefficient (Wildman–Crippen LogP) is 3.12. The average Bonchev–Trinajstić information content (AvgIpc) is 2.24. The summed E-state index contributed by atoms with van der Waals surface area (Å²) < 4.78 is 0. The van der Waals surface area contributed by atoms with Crippen LogP contribution in [-0.2, 0) is 0 Å². The molecule has 0 saturated heterocycles. The van der Waals surface area contributed by atoms with Gasteiger partial charge in [-0.15, -0.1) is 0 Å². The van der Waals surface area contributed by atoms with Crippen LogP contribution in [0, 0.1) is 6.92 Å². The first-order valence-electron chi connectivity index (χ1n) is 4.96. The van der Waals surface area contributed by atoms with Crippen LogP contribution < -0.4 is 11.3 Å². The molecule has 3 N–H and O–H groups in total. The van der Waals surface area contributed by atoms with Gasteiger partial charge in [0.15, 0.2) is 5.16 Å². The van der Waals surface area contributed by atoms with Crippen LogP contribution in [0.25, 0.3) is 0 Å². The smallest absolute Gasteiger partial charge is 0.251 e. The van der Waals surface area contributed by atoms with E-state index in [1.165, 1.54) is 17.8 Å². The third kappa shape index (κ3) is 2.98. The number of nitrogens with two attached hydrogens (primary N) is 1. The molecule has 1 heterocycles. The molecule has 0 fully saturated rings. The highest BCUT2D eigenvalue weighted by molar-refractivity contribution is 7.99. The summed E-state index contributed by atoms with van der Waals surface area (Å²) in [5, 5.41) is 1.26. The van der Waals surface area contributed by atoms with Gasteiger partial charge in [-0.3, -0.25) is 4.79 Å². The number of halogens is 2. The number of aromatic amines is 1. The van der Waals surface area contributed by atoms with Crippen LogP contribution in [0.2, 0.25) is 10.0 Å². The number of hydrogen-bond acceptors (Lipinski definition) is 4. The fraction of sp³-hybridized carbons (Fsp3) is 0.0909. The molecule has 0 spiro atoms. The largest absolute Gasteiger partial charge is 0.398 e. The second-order valence-corrected chi connectivity index (χ2v) is 5.44. The van der Waals surface area contributed by atoms with Crippen molar-refractivity contribution in [2.45, 2.75) is 17.0 Å². The Labute approximate surface area is 118 Å². The molecular formula is C11H9Cl2N3OS. The topological polar surface area (TPSA) is 71.8 Å². The van der Waals surface area contributed by atoms with E-state index >= 15 is 0 Å². The predicted molar refractivity (Wildman–Crippen MR) is 74.6 cm³/mol. The Morgan fingerprint density at radius 2 is 1.94 bits per heavy atom. The van der Waals surface area contributed by atoms with Gasteiger partial charge in [0.2, 0.25) is 0 Å². The van der Waals surface area contributed by atoms with Crippen LogP contribution in [0.4, 0.5) is 5.69 Å². The van der Waals surface area contributed by atoms with Gasteiger partial charge < -0.3 is 10.7 Å². The van der Waals surface area contributed by atoms with Gasteiger partial charge in [0.25, 0.3) is 5.56 Å². The summed E-state index contributed by atoms with van der Waals surface area (Å²) in [6.07, 6.45) is 0. The van der Waals surface area contributed by atoms with Crippen LogP contribution in [-0.4, -0.2) is 9.97 Å². The minimum Gasteiger partial charge on any atom is -0.398 e. The van der Waals surface area contributed by atoms with E-state index in [0.29, 0.717) is 31.5 Å². The molecule has 0 saturated carbocycles. The van der Waals surface area contributed by atoms with E-state index in [1.54, 1.807) is 19.1 Å². The van der Waals surface area contributed by atoms with Crippen molar-refractivity contribution >= 4 is 40.7 Å². The van der Waals surface area contributed by atoms with Crippen molar-refractivity contribution in [3.05, 3.63) is 44.3 Å². The Bertz CT molecular complexity index is 657. The molecule has 0 unspecified atom stereocenters. The number of rotatable bonds is 2. The lowest BCUT2D eigenvalue weighted by Gasteiger charge is -2.06. The van der Waals surface area contributed by atoms with Crippen LogP contribution >= 0.6 is 35.0 Å². The monoisotopic (exact) mass is 301 g/mol. The minimum absolute atomic E-state index is 0.205. The number of hydrogen-bond donors (Lipinski definition) is 2. The number of aryl methyl sites for hydroxylation is 1. The first-order valence-corrected chi connectivity index (χ1v) is 6.53. The molecule has 1 aromatic heterocycles. The maximum Gasteiger partial charge on any atom is 0.251 e. The molecule has 0 amide bonds. The number of nitrogen functional groups attached to an aromatic ring is 1. The normalized spacial score (nSPS) is 10.6. The first-order chi connectivity index (χ1) is 8.45. The standard InChI is InChI=1S/C11H9Cl2N3OS/c1-5-2-10(17)16-11(15-5)18-9-4-7(13)6(12)3-8(9)14/h2-4H,14H2,1H3,(H,15,16,17). The zero-order chi connectivity index (χ0) is 13.3. The maximum absolute atomic E-state index is 11.3. The highest BCUT2D eigenvalue weighted by atomic mass is 35.5. The lowest BCUT2D eigenvalue weighted by atomic mass is 10.3. The highest BCUT2D eigenvalue weighted by Gasteiger charge is 2.08. The number of anilines is 1. The lowest BCUT2D eigenvalue weighted by Crippen LogP contribution is -2.08. The Kier molecular flexibility index (Phi) is 3.85. The molecular weight excluding hydrogens is 293 g/mol. The van der Waals surface area contributed by atoms with Crippen LogP contribution in [0.5, 0.6) is 0 Å². The van der Waals surface area contributed by atoms with Crippen molar-refractivity contribution in [1.82, 2.24) is 9.97 Å². The van der Waals surface area contributed by atoms with Crippen LogP contribution in [0.15, 0.2) is 33.0 Å². The van der Waals surface area contributed by atoms with Crippen LogP contribution in [0.3, 0.4) is 0 Å². The quantitative estimate of drug-likeness (QED) is 0.660. The van der Waals surface area contributed by atoms with Gasteiger partial charge in [-0.1, -0.05) is 23.2 Å². The van der Waals surface area contributed by atoms with E-state index in [0.717, 1.165) is 0 Å². The summed E-state index contributed by atoms with van der Waals surface area (Å²) in [5.74, 6) is 0. The zero-order valence-corrected chi connectivity index (χ0v) is 11.7.